The van der Waals surface area contributed by atoms with Crippen LogP contribution < -0.4 is 10.5 Å². The number of unbranched alkanes of at least 4 members (excludes halogenated alkanes) is 2. The highest BCUT2D eigenvalue weighted by Gasteiger charge is 2.22. The summed E-state index contributed by atoms with van der Waals surface area (Å²) in [7, 11) is 0. The van der Waals surface area contributed by atoms with E-state index in [-0.39, 0.29) is 17.2 Å². The second kappa shape index (κ2) is 9.99. The average Bonchev–Trinajstić information content (AvgIpc) is 2.81. The number of fused-ring (bicyclic) bond motifs is 1. The highest BCUT2D eigenvalue weighted by atomic mass is 32.1. The summed E-state index contributed by atoms with van der Waals surface area (Å²) >= 11 is 5.35. The van der Waals surface area contributed by atoms with Crippen molar-refractivity contribution in [2.45, 2.75) is 32.2 Å². The molecule has 3 aromatic rings. The van der Waals surface area contributed by atoms with Crippen molar-refractivity contribution in [3.05, 3.63) is 63.7 Å². The molecule has 0 spiro atoms. The first kappa shape index (κ1) is 22.1. The fourth-order valence-corrected chi connectivity index (χ4v) is 4.50. The summed E-state index contributed by atoms with van der Waals surface area (Å²) in [5.74, 6) is 0.444. The number of anilines is 1. The lowest BCUT2D eigenvalue weighted by atomic mass is 10.1. The first-order chi connectivity index (χ1) is 15.5. The van der Waals surface area contributed by atoms with Crippen LogP contribution in [0.25, 0.3) is 10.9 Å². The fraction of sp³-hybridized carbons (Fsp3) is 0.375. The number of para-hydroxylation sites is 3. The Morgan fingerprint density at radius 1 is 0.969 bits per heavy atom. The van der Waals surface area contributed by atoms with E-state index in [1.165, 1.54) is 0 Å². The molecular weight excluding hydrogens is 424 g/mol. The molecule has 32 heavy (non-hydrogen) atoms. The molecule has 1 aliphatic heterocycles. The third-order valence-corrected chi connectivity index (χ3v) is 6.34. The van der Waals surface area contributed by atoms with Crippen LogP contribution in [0.15, 0.2) is 53.3 Å². The van der Waals surface area contributed by atoms with Gasteiger partial charge in [0.25, 0.3) is 5.56 Å². The third-order valence-electron chi connectivity index (χ3n) is 6.02. The number of H-pyrrole nitrogens is 1. The van der Waals surface area contributed by atoms with E-state index in [9.17, 15) is 14.7 Å². The maximum Gasteiger partial charge on any atom is 0.262 e. The number of nitrogens with zero attached hydrogens (tertiary/aromatic N) is 3. The molecule has 0 atom stereocenters. The van der Waals surface area contributed by atoms with Gasteiger partial charge in [0, 0.05) is 39.1 Å². The molecule has 0 aliphatic carbocycles. The van der Waals surface area contributed by atoms with Gasteiger partial charge in [-0.3, -0.25) is 14.2 Å². The van der Waals surface area contributed by atoms with Gasteiger partial charge in [-0.15, -0.1) is 0 Å². The summed E-state index contributed by atoms with van der Waals surface area (Å²) < 4.78 is 2.05. The number of piperazine rings is 1. The minimum absolute atomic E-state index is 0.0669. The highest BCUT2D eigenvalue weighted by Crippen LogP contribution is 2.27. The Morgan fingerprint density at radius 2 is 1.69 bits per heavy atom. The van der Waals surface area contributed by atoms with E-state index in [0.717, 1.165) is 30.5 Å². The second-order valence-corrected chi connectivity index (χ2v) is 8.49. The number of aromatic hydroxyl groups is 1. The molecule has 0 saturated carbocycles. The largest absolute Gasteiger partial charge is 0.506 e. The minimum Gasteiger partial charge on any atom is -0.506 e. The number of amides is 1. The number of rotatable bonds is 7. The summed E-state index contributed by atoms with van der Waals surface area (Å²) in [6.07, 6.45) is 2.95. The molecule has 0 unspecified atom stereocenters. The van der Waals surface area contributed by atoms with Gasteiger partial charge in [-0.1, -0.05) is 30.7 Å². The zero-order chi connectivity index (χ0) is 22.5. The summed E-state index contributed by atoms with van der Waals surface area (Å²) in [5, 5.41) is 10.7. The molecule has 1 saturated heterocycles. The average molecular weight is 453 g/mol. The zero-order valence-corrected chi connectivity index (χ0v) is 18.8. The van der Waals surface area contributed by atoms with E-state index in [4.69, 9.17) is 12.2 Å². The number of aromatic amines is 1. The number of benzene rings is 2. The predicted octanol–water partition coefficient (Wildman–Crippen LogP) is 3.67. The molecule has 8 heteroatoms. The summed E-state index contributed by atoms with van der Waals surface area (Å²) in [6.45, 7) is 3.30. The van der Waals surface area contributed by atoms with E-state index in [0.29, 0.717) is 49.3 Å². The first-order valence-electron chi connectivity index (χ1n) is 11.1. The number of aromatic nitrogens is 2. The molecule has 2 heterocycles. The highest BCUT2D eigenvalue weighted by molar-refractivity contribution is 7.71. The molecule has 1 fully saturated rings. The van der Waals surface area contributed by atoms with Gasteiger partial charge in [0.1, 0.15) is 5.75 Å². The van der Waals surface area contributed by atoms with Crippen molar-refractivity contribution < 1.29 is 9.90 Å². The van der Waals surface area contributed by atoms with Crippen LogP contribution in [0.4, 0.5) is 5.69 Å². The van der Waals surface area contributed by atoms with E-state index >= 15 is 0 Å². The van der Waals surface area contributed by atoms with Crippen molar-refractivity contribution in [2.75, 3.05) is 31.1 Å². The Kier molecular flexibility index (Phi) is 6.90. The Hall–Kier alpha value is -3.13. The Labute approximate surface area is 191 Å². The number of carbonyl (C=O) groups excluding carboxylic acids is 1. The SMILES string of the molecule is O=C(CCCCCn1c(=S)[nH]c2ccccc2c1=O)N1CCN(c2ccccc2O)CC1. The molecule has 0 bridgehead atoms. The maximum absolute atomic E-state index is 12.7. The number of hydrogen-bond donors (Lipinski definition) is 2. The van der Waals surface area contributed by atoms with Gasteiger partial charge < -0.3 is 19.9 Å². The molecule has 168 valence electrons. The number of phenolic OH excluding ortho intramolecular Hbond substituents is 1. The molecule has 1 amide bonds. The van der Waals surface area contributed by atoms with E-state index in [1.54, 1.807) is 16.7 Å². The van der Waals surface area contributed by atoms with Gasteiger partial charge in [0.05, 0.1) is 16.6 Å². The standard InChI is InChI=1S/C24H28N4O3S/c29-21-11-6-5-10-20(21)26-14-16-27(17-15-26)22(30)12-2-1-7-13-28-23(31)18-8-3-4-9-19(18)25-24(28)32/h3-6,8-11,29H,1-2,7,12-17H2,(H,25,32). The third kappa shape index (κ3) is 4.85. The molecular formula is C24H28N4O3S. The van der Waals surface area contributed by atoms with Gasteiger partial charge in [-0.05, 0) is 49.3 Å². The normalized spacial score (nSPS) is 14.1. The maximum atomic E-state index is 12.7. The lowest BCUT2D eigenvalue weighted by Gasteiger charge is -2.36. The van der Waals surface area contributed by atoms with Crippen molar-refractivity contribution in [3.63, 3.8) is 0 Å². The van der Waals surface area contributed by atoms with Crippen LogP contribution in [0.1, 0.15) is 25.7 Å². The van der Waals surface area contributed by atoms with E-state index < -0.39 is 0 Å². The van der Waals surface area contributed by atoms with Crippen LogP contribution in [-0.4, -0.2) is 51.6 Å². The quantitative estimate of drug-likeness (QED) is 0.422. The first-order valence-corrected chi connectivity index (χ1v) is 11.5. The van der Waals surface area contributed by atoms with Crippen molar-refractivity contribution in [1.82, 2.24) is 14.5 Å². The van der Waals surface area contributed by atoms with Crippen LogP contribution in [0.2, 0.25) is 0 Å². The minimum atomic E-state index is -0.0669. The van der Waals surface area contributed by atoms with Crippen LogP contribution in [0.5, 0.6) is 5.75 Å². The molecule has 7 nitrogen and oxygen atoms in total. The Morgan fingerprint density at radius 3 is 2.47 bits per heavy atom. The molecule has 2 aromatic carbocycles. The molecule has 4 rings (SSSR count). The van der Waals surface area contributed by atoms with Crippen LogP contribution in [-0.2, 0) is 11.3 Å². The monoisotopic (exact) mass is 452 g/mol. The van der Waals surface area contributed by atoms with Crippen molar-refractivity contribution in [3.8, 4) is 5.75 Å². The van der Waals surface area contributed by atoms with Gasteiger partial charge in [0.15, 0.2) is 4.77 Å². The van der Waals surface area contributed by atoms with Crippen molar-refractivity contribution >= 4 is 34.7 Å². The second-order valence-electron chi connectivity index (χ2n) is 8.10. The molecule has 0 radical (unpaired) electrons. The van der Waals surface area contributed by atoms with Crippen molar-refractivity contribution in [2.24, 2.45) is 0 Å². The topological polar surface area (TPSA) is 81.6 Å². The fourth-order valence-electron chi connectivity index (χ4n) is 4.21. The lowest BCUT2D eigenvalue weighted by molar-refractivity contribution is -0.131. The van der Waals surface area contributed by atoms with E-state index in [2.05, 4.69) is 9.88 Å². The Bertz CT molecular complexity index is 1210. The summed E-state index contributed by atoms with van der Waals surface area (Å²) in [4.78, 5) is 32.4. The van der Waals surface area contributed by atoms with Gasteiger partial charge in [-0.25, -0.2) is 0 Å². The number of nitrogens with one attached hydrogen (secondary N) is 1. The predicted molar refractivity (Wildman–Crippen MR) is 129 cm³/mol. The molecule has 1 aliphatic rings. The number of hydrogen-bond acceptors (Lipinski definition) is 5. The summed E-state index contributed by atoms with van der Waals surface area (Å²) in [6, 6.07) is 14.7. The number of phenols is 1. The van der Waals surface area contributed by atoms with Gasteiger partial charge in [0.2, 0.25) is 5.91 Å². The van der Waals surface area contributed by atoms with Crippen LogP contribution in [0.3, 0.4) is 0 Å². The van der Waals surface area contributed by atoms with E-state index in [1.807, 2.05) is 41.3 Å². The molecule has 1 aromatic heterocycles. The van der Waals surface area contributed by atoms with Crippen molar-refractivity contribution in [1.29, 1.82) is 0 Å². The van der Waals surface area contributed by atoms with Crippen LogP contribution >= 0.6 is 12.2 Å². The number of carbonyl (C=O) groups is 1. The summed E-state index contributed by atoms with van der Waals surface area (Å²) in [5.41, 5.74) is 1.51. The smallest absolute Gasteiger partial charge is 0.262 e. The van der Waals surface area contributed by atoms with Crippen LogP contribution in [0, 0.1) is 4.77 Å². The zero-order valence-electron chi connectivity index (χ0n) is 18.0. The Balaban J connectivity index is 1.22. The van der Waals surface area contributed by atoms with Gasteiger partial charge in [-0.2, -0.15) is 0 Å². The molecule has 2 N–H and O–H groups in total. The van der Waals surface area contributed by atoms with Gasteiger partial charge >= 0.3 is 0 Å². The lowest BCUT2D eigenvalue weighted by Crippen LogP contribution is -2.48.